The minimum Gasteiger partial charge on any atom is -0.352 e. The summed E-state index contributed by atoms with van der Waals surface area (Å²) < 4.78 is 0. The third-order valence-corrected chi connectivity index (χ3v) is 2.81. The monoisotopic (exact) mass is 253 g/mol. The van der Waals surface area contributed by atoms with Gasteiger partial charge < -0.3 is 5.32 Å². The molecule has 0 spiro atoms. The first-order valence-corrected chi connectivity index (χ1v) is 6.39. The molecule has 0 aliphatic rings. The molecule has 0 saturated carbocycles. The van der Waals surface area contributed by atoms with E-state index in [0.717, 1.165) is 12.0 Å². The maximum atomic E-state index is 11.8. The average molecular weight is 254 g/mol. The predicted octanol–water partition coefficient (Wildman–Crippen LogP) is 3.59. The lowest BCUT2D eigenvalue weighted by Gasteiger charge is -2.18. The first-order valence-electron chi connectivity index (χ1n) is 5.85. The lowest BCUT2D eigenvalue weighted by molar-refractivity contribution is 0.0949. The van der Waals surface area contributed by atoms with Crippen molar-refractivity contribution in [3.63, 3.8) is 0 Å². The Hall–Kier alpha value is -1.02. The van der Waals surface area contributed by atoms with Crippen LogP contribution >= 0.6 is 11.6 Å². The van der Waals surface area contributed by atoms with Crippen molar-refractivity contribution in [2.75, 3.05) is 6.54 Å². The zero-order valence-corrected chi connectivity index (χ0v) is 11.5. The molecule has 0 fully saturated rings. The lowest BCUT2D eigenvalue weighted by Crippen LogP contribution is -2.27. The highest BCUT2D eigenvalue weighted by molar-refractivity contribution is 6.17. The molecule has 1 N–H and O–H groups in total. The number of rotatable bonds is 4. The van der Waals surface area contributed by atoms with Gasteiger partial charge in [0.25, 0.3) is 5.91 Å². The summed E-state index contributed by atoms with van der Waals surface area (Å²) in [5.74, 6) is 0.407. The number of hydrogen-bond donors (Lipinski definition) is 1. The zero-order chi connectivity index (χ0) is 12.9. The maximum absolute atomic E-state index is 11.8. The molecule has 0 aliphatic heterocycles. The molecule has 0 unspecified atom stereocenters. The van der Waals surface area contributed by atoms with Gasteiger partial charge in [-0.25, -0.2) is 0 Å². The van der Waals surface area contributed by atoms with E-state index < -0.39 is 0 Å². The van der Waals surface area contributed by atoms with E-state index in [1.54, 1.807) is 0 Å². The molecule has 0 heterocycles. The second-order valence-corrected chi connectivity index (χ2v) is 5.67. The van der Waals surface area contributed by atoms with Crippen LogP contribution in [0.5, 0.6) is 0 Å². The molecular formula is C14H20ClNO. The maximum Gasteiger partial charge on any atom is 0.251 e. The van der Waals surface area contributed by atoms with Crippen molar-refractivity contribution in [1.82, 2.24) is 5.32 Å². The van der Waals surface area contributed by atoms with Gasteiger partial charge in [0.05, 0.1) is 0 Å². The summed E-state index contributed by atoms with van der Waals surface area (Å²) in [6.45, 7) is 7.18. The van der Waals surface area contributed by atoms with Gasteiger partial charge in [-0.15, -0.1) is 11.6 Å². The molecule has 94 valence electrons. The van der Waals surface area contributed by atoms with Gasteiger partial charge in [0.15, 0.2) is 0 Å². The Labute approximate surface area is 108 Å². The van der Waals surface area contributed by atoms with Crippen molar-refractivity contribution < 1.29 is 4.79 Å². The highest BCUT2D eigenvalue weighted by Crippen LogP contribution is 2.17. The van der Waals surface area contributed by atoms with Crippen LogP contribution in [0.25, 0.3) is 0 Å². The highest BCUT2D eigenvalue weighted by Gasteiger charge is 2.11. The summed E-state index contributed by atoms with van der Waals surface area (Å²) >= 11 is 5.74. The molecule has 2 nitrogen and oxygen atoms in total. The van der Waals surface area contributed by atoms with Crippen LogP contribution in [0.15, 0.2) is 24.3 Å². The molecule has 17 heavy (non-hydrogen) atoms. The summed E-state index contributed by atoms with van der Waals surface area (Å²) in [5, 5.41) is 2.92. The van der Waals surface area contributed by atoms with Gasteiger partial charge in [-0.2, -0.15) is 0 Å². The van der Waals surface area contributed by atoms with Crippen LogP contribution in [0.2, 0.25) is 0 Å². The Bertz CT molecular complexity index is 382. The zero-order valence-electron chi connectivity index (χ0n) is 10.7. The molecule has 1 amide bonds. The Balaban J connectivity index is 2.52. The lowest BCUT2D eigenvalue weighted by atomic mass is 9.92. The largest absolute Gasteiger partial charge is 0.352 e. The number of nitrogens with one attached hydrogen (secondary N) is 1. The summed E-state index contributed by atoms with van der Waals surface area (Å²) in [6, 6.07) is 7.41. The van der Waals surface area contributed by atoms with Gasteiger partial charge in [-0.05, 0) is 29.5 Å². The van der Waals surface area contributed by atoms with Gasteiger partial charge in [-0.1, -0.05) is 32.9 Å². The smallest absolute Gasteiger partial charge is 0.251 e. The Morgan fingerprint density at radius 3 is 2.65 bits per heavy atom. The SMILES string of the molecule is CC(C)(C)CCNC(=O)c1cccc(CCl)c1. The molecule has 0 aromatic heterocycles. The quantitative estimate of drug-likeness (QED) is 0.817. The standard InChI is InChI=1S/C14H20ClNO/c1-14(2,3)7-8-16-13(17)12-6-4-5-11(9-12)10-15/h4-6,9H,7-8,10H2,1-3H3,(H,16,17). The van der Waals surface area contributed by atoms with Gasteiger partial charge in [0.1, 0.15) is 0 Å². The van der Waals surface area contributed by atoms with Crippen LogP contribution in [0.3, 0.4) is 0 Å². The van der Waals surface area contributed by atoms with Crippen LogP contribution in [-0.2, 0) is 5.88 Å². The molecule has 1 aromatic carbocycles. The first kappa shape index (κ1) is 14.0. The molecule has 0 aliphatic carbocycles. The fourth-order valence-electron chi connectivity index (χ4n) is 1.45. The van der Waals surface area contributed by atoms with E-state index in [2.05, 4.69) is 26.1 Å². The van der Waals surface area contributed by atoms with Crippen molar-refractivity contribution in [3.8, 4) is 0 Å². The second kappa shape index (κ2) is 6.06. The molecule has 0 atom stereocenters. The molecular weight excluding hydrogens is 234 g/mol. The van der Waals surface area contributed by atoms with Crippen LogP contribution in [-0.4, -0.2) is 12.5 Å². The molecule has 0 bridgehead atoms. The van der Waals surface area contributed by atoms with Gasteiger partial charge in [0.2, 0.25) is 0 Å². The number of halogens is 1. The van der Waals surface area contributed by atoms with Crippen LogP contribution in [0.1, 0.15) is 43.1 Å². The molecule has 0 radical (unpaired) electrons. The number of carbonyl (C=O) groups is 1. The van der Waals surface area contributed by atoms with E-state index >= 15 is 0 Å². The number of alkyl halides is 1. The van der Waals surface area contributed by atoms with Gasteiger partial charge in [0, 0.05) is 18.0 Å². The average Bonchev–Trinajstić information content (AvgIpc) is 2.27. The van der Waals surface area contributed by atoms with Gasteiger partial charge >= 0.3 is 0 Å². The van der Waals surface area contributed by atoms with Crippen molar-refractivity contribution in [2.45, 2.75) is 33.1 Å². The normalized spacial score (nSPS) is 11.3. The second-order valence-electron chi connectivity index (χ2n) is 5.40. The Morgan fingerprint density at radius 2 is 2.06 bits per heavy atom. The summed E-state index contributed by atoms with van der Waals surface area (Å²) in [7, 11) is 0. The van der Waals surface area contributed by atoms with Crippen LogP contribution in [0, 0.1) is 5.41 Å². The molecule has 1 aromatic rings. The Kier molecular flexibility index (Phi) is 5.01. The number of amides is 1. The first-order chi connectivity index (χ1) is 7.92. The third-order valence-electron chi connectivity index (χ3n) is 2.50. The highest BCUT2D eigenvalue weighted by atomic mass is 35.5. The van der Waals surface area contributed by atoms with E-state index in [9.17, 15) is 4.79 Å². The van der Waals surface area contributed by atoms with Crippen molar-refractivity contribution in [1.29, 1.82) is 0 Å². The third kappa shape index (κ3) is 5.22. The molecule has 1 rings (SSSR count). The van der Waals surface area contributed by atoms with Gasteiger partial charge in [-0.3, -0.25) is 4.79 Å². The van der Waals surface area contributed by atoms with Crippen molar-refractivity contribution in [2.24, 2.45) is 5.41 Å². The fraction of sp³-hybridized carbons (Fsp3) is 0.500. The van der Waals surface area contributed by atoms with Crippen molar-refractivity contribution >= 4 is 17.5 Å². The summed E-state index contributed by atoms with van der Waals surface area (Å²) in [6.07, 6.45) is 0.966. The minimum absolute atomic E-state index is 0.0267. The fourth-order valence-corrected chi connectivity index (χ4v) is 1.62. The van der Waals surface area contributed by atoms with E-state index in [4.69, 9.17) is 11.6 Å². The van der Waals surface area contributed by atoms with E-state index in [0.29, 0.717) is 18.0 Å². The van der Waals surface area contributed by atoms with E-state index in [1.165, 1.54) is 0 Å². The van der Waals surface area contributed by atoms with E-state index in [-0.39, 0.29) is 11.3 Å². The summed E-state index contributed by atoms with van der Waals surface area (Å²) in [5.41, 5.74) is 1.89. The number of benzene rings is 1. The minimum atomic E-state index is -0.0267. The summed E-state index contributed by atoms with van der Waals surface area (Å²) in [4.78, 5) is 11.8. The van der Waals surface area contributed by atoms with Crippen LogP contribution in [0.4, 0.5) is 0 Å². The van der Waals surface area contributed by atoms with Crippen molar-refractivity contribution in [3.05, 3.63) is 35.4 Å². The number of carbonyl (C=O) groups excluding carboxylic acids is 1. The van der Waals surface area contributed by atoms with E-state index in [1.807, 2.05) is 24.3 Å². The Morgan fingerprint density at radius 1 is 1.35 bits per heavy atom. The number of hydrogen-bond acceptors (Lipinski definition) is 1. The predicted molar refractivity (Wildman–Crippen MR) is 72.4 cm³/mol. The molecule has 3 heteroatoms. The molecule has 0 saturated heterocycles. The van der Waals surface area contributed by atoms with Crippen LogP contribution < -0.4 is 5.32 Å². The topological polar surface area (TPSA) is 29.1 Å².